The van der Waals surface area contributed by atoms with E-state index in [1.54, 1.807) is 0 Å². The van der Waals surface area contributed by atoms with E-state index in [9.17, 15) is 0 Å². The molecule has 0 aromatic heterocycles. The van der Waals surface area contributed by atoms with Gasteiger partial charge in [0, 0.05) is 12.5 Å². The Morgan fingerprint density at radius 1 is 1.00 bits per heavy atom. The Morgan fingerprint density at radius 3 is 2.35 bits per heavy atom. The van der Waals surface area contributed by atoms with Crippen molar-refractivity contribution < 1.29 is 0 Å². The average molecular weight is 265 g/mol. The van der Waals surface area contributed by atoms with Crippen LogP contribution in [0.1, 0.15) is 30.4 Å². The second-order valence-electron chi connectivity index (χ2n) is 6.23. The Morgan fingerprint density at radius 2 is 1.65 bits per heavy atom. The number of benzene rings is 2. The van der Waals surface area contributed by atoms with E-state index in [2.05, 4.69) is 72.9 Å². The van der Waals surface area contributed by atoms with Crippen molar-refractivity contribution in [3.05, 3.63) is 71.8 Å². The maximum Gasteiger partial charge on any atom is 0.00255 e. The Labute approximate surface area is 122 Å². The molecule has 1 heterocycles. The van der Waals surface area contributed by atoms with Crippen LogP contribution in [0.2, 0.25) is 0 Å². The predicted octanol–water partition coefficient (Wildman–Crippen LogP) is 4.01. The average Bonchev–Trinajstić information content (AvgIpc) is 2.49. The third kappa shape index (κ3) is 2.78. The second-order valence-corrected chi connectivity index (χ2v) is 6.23. The highest BCUT2D eigenvalue weighted by Gasteiger charge is 2.37. The molecule has 20 heavy (non-hydrogen) atoms. The van der Waals surface area contributed by atoms with Crippen molar-refractivity contribution in [1.82, 2.24) is 5.32 Å². The van der Waals surface area contributed by atoms with Gasteiger partial charge in [-0.2, -0.15) is 0 Å². The van der Waals surface area contributed by atoms with Crippen molar-refractivity contribution in [3.8, 4) is 0 Å². The zero-order chi connectivity index (χ0) is 13.8. The topological polar surface area (TPSA) is 12.0 Å². The molecule has 1 aliphatic heterocycles. The number of hydrogen-bond acceptors (Lipinski definition) is 1. The zero-order valence-corrected chi connectivity index (χ0v) is 12.2. The molecule has 2 atom stereocenters. The summed E-state index contributed by atoms with van der Waals surface area (Å²) in [5, 5.41) is 3.57. The van der Waals surface area contributed by atoms with E-state index in [0.717, 1.165) is 19.5 Å². The van der Waals surface area contributed by atoms with E-state index in [4.69, 9.17) is 0 Å². The summed E-state index contributed by atoms with van der Waals surface area (Å²) < 4.78 is 0. The molecular weight excluding hydrogens is 242 g/mol. The summed E-state index contributed by atoms with van der Waals surface area (Å²) in [6, 6.07) is 21.9. The van der Waals surface area contributed by atoms with Crippen LogP contribution < -0.4 is 5.32 Å². The third-order valence-corrected chi connectivity index (χ3v) is 4.72. The highest BCUT2D eigenvalue weighted by Crippen LogP contribution is 2.43. The lowest BCUT2D eigenvalue weighted by Gasteiger charge is -2.42. The Kier molecular flexibility index (Phi) is 3.88. The predicted molar refractivity (Wildman–Crippen MR) is 84.9 cm³/mol. The molecule has 1 saturated heterocycles. The van der Waals surface area contributed by atoms with Gasteiger partial charge in [0.1, 0.15) is 0 Å². The first kappa shape index (κ1) is 13.4. The van der Waals surface area contributed by atoms with Crippen molar-refractivity contribution in [3.63, 3.8) is 0 Å². The normalized spacial score (nSPS) is 26.4. The van der Waals surface area contributed by atoms with Gasteiger partial charge in [0.25, 0.3) is 0 Å². The molecule has 2 aromatic carbocycles. The van der Waals surface area contributed by atoms with Gasteiger partial charge < -0.3 is 5.32 Å². The van der Waals surface area contributed by atoms with Crippen LogP contribution in [0.15, 0.2) is 60.7 Å². The molecule has 2 aromatic rings. The van der Waals surface area contributed by atoms with E-state index in [0.29, 0.717) is 11.3 Å². The lowest BCUT2D eigenvalue weighted by atomic mass is 9.66. The molecule has 0 radical (unpaired) electrons. The summed E-state index contributed by atoms with van der Waals surface area (Å²) in [7, 11) is 0. The first-order valence-corrected chi connectivity index (χ1v) is 7.57. The lowest BCUT2D eigenvalue weighted by molar-refractivity contribution is 0.187. The molecule has 104 valence electrons. The highest BCUT2D eigenvalue weighted by atomic mass is 14.9. The van der Waals surface area contributed by atoms with E-state index in [1.807, 2.05) is 0 Å². The molecule has 0 saturated carbocycles. The number of nitrogens with one attached hydrogen (secondary N) is 1. The zero-order valence-electron chi connectivity index (χ0n) is 12.2. The molecule has 1 nitrogen and oxygen atoms in total. The third-order valence-electron chi connectivity index (χ3n) is 4.72. The van der Waals surface area contributed by atoms with Crippen molar-refractivity contribution >= 4 is 0 Å². The Hall–Kier alpha value is -1.60. The van der Waals surface area contributed by atoms with Crippen LogP contribution in [0.5, 0.6) is 0 Å². The van der Waals surface area contributed by atoms with Gasteiger partial charge >= 0.3 is 0 Å². The summed E-state index contributed by atoms with van der Waals surface area (Å²) in [5.74, 6) is 0.595. The molecule has 1 N–H and O–H groups in total. The fourth-order valence-electron chi connectivity index (χ4n) is 3.52. The maximum atomic E-state index is 3.57. The Bertz CT molecular complexity index is 534. The van der Waals surface area contributed by atoms with Crippen LogP contribution in [-0.4, -0.2) is 13.1 Å². The minimum Gasteiger partial charge on any atom is -0.316 e. The first-order valence-electron chi connectivity index (χ1n) is 7.57. The van der Waals surface area contributed by atoms with Crippen LogP contribution in [0.25, 0.3) is 0 Å². The van der Waals surface area contributed by atoms with Crippen molar-refractivity contribution in [2.24, 2.45) is 5.41 Å². The van der Waals surface area contributed by atoms with E-state index >= 15 is 0 Å². The molecule has 1 heteroatoms. The fraction of sp³-hybridized carbons (Fsp3) is 0.368. The smallest absolute Gasteiger partial charge is 0.00255 e. The van der Waals surface area contributed by atoms with Crippen LogP contribution in [0, 0.1) is 5.41 Å². The second kappa shape index (κ2) is 5.80. The molecule has 3 rings (SSSR count). The van der Waals surface area contributed by atoms with Gasteiger partial charge in [0.15, 0.2) is 0 Å². The highest BCUT2D eigenvalue weighted by molar-refractivity contribution is 5.26. The molecule has 1 fully saturated rings. The van der Waals surface area contributed by atoms with Gasteiger partial charge in [0.05, 0.1) is 0 Å². The van der Waals surface area contributed by atoms with E-state index in [-0.39, 0.29) is 0 Å². The SMILES string of the molecule is CC1(Cc2ccccc2)CCNCC1c1ccccc1. The summed E-state index contributed by atoms with van der Waals surface area (Å²) in [6.45, 7) is 4.68. The van der Waals surface area contributed by atoms with Crippen LogP contribution in [0.3, 0.4) is 0 Å². The molecule has 0 aliphatic carbocycles. The maximum absolute atomic E-state index is 3.57. The summed E-state index contributed by atoms with van der Waals surface area (Å²) in [6.07, 6.45) is 2.40. The minimum absolute atomic E-state index is 0.341. The molecule has 0 bridgehead atoms. The van der Waals surface area contributed by atoms with Crippen LogP contribution in [0.4, 0.5) is 0 Å². The monoisotopic (exact) mass is 265 g/mol. The van der Waals surface area contributed by atoms with Crippen LogP contribution in [-0.2, 0) is 6.42 Å². The van der Waals surface area contributed by atoms with Crippen molar-refractivity contribution in [1.29, 1.82) is 0 Å². The van der Waals surface area contributed by atoms with Crippen molar-refractivity contribution in [2.45, 2.75) is 25.7 Å². The largest absolute Gasteiger partial charge is 0.316 e. The van der Waals surface area contributed by atoms with Gasteiger partial charge in [-0.1, -0.05) is 67.6 Å². The van der Waals surface area contributed by atoms with E-state index < -0.39 is 0 Å². The number of piperidine rings is 1. The van der Waals surface area contributed by atoms with Gasteiger partial charge in [0.2, 0.25) is 0 Å². The number of rotatable bonds is 3. The summed E-state index contributed by atoms with van der Waals surface area (Å²) >= 11 is 0. The summed E-state index contributed by atoms with van der Waals surface area (Å²) in [5.41, 5.74) is 3.27. The Balaban J connectivity index is 1.88. The van der Waals surface area contributed by atoms with Gasteiger partial charge in [-0.25, -0.2) is 0 Å². The van der Waals surface area contributed by atoms with Gasteiger partial charge in [-0.05, 0) is 35.9 Å². The van der Waals surface area contributed by atoms with Crippen LogP contribution >= 0.6 is 0 Å². The fourth-order valence-corrected chi connectivity index (χ4v) is 3.52. The molecule has 2 unspecified atom stereocenters. The molecule has 0 amide bonds. The standard InChI is InChI=1S/C19H23N/c1-19(14-16-8-4-2-5-9-16)12-13-20-15-18(19)17-10-6-3-7-11-17/h2-11,18,20H,12-15H2,1H3. The molecule has 0 spiro atoms. The van der Waals surface area contributed by atoms with Gasteiger partial charge in [-0.3, -0.25) is 0 Å². The first-order chi connectivity index (χ1) is 9.78. The minimum atomic E-state index is 0.341. The van der Waals surface area contributed by atoms with E-state index in [1.165, 1.54) is 17.5 Å². The molecular formula is C19H23N. The number of hydrogen-bond donors (Lipinski definition) is 1. The summed E-state index contributed by atoms with van der Waals surface area (Å²) in [4.78, 5) is 0. The van der Waals surface area contributed by atoms with Gasteiger partial charge in [-0.15, -0.1) is 0 Å². The van der Waals surface area contributed by atoms with Crippen molar-refractivity contribution in [2.75, 3.05) is 13.1 Å². The lowest BCUT2D eigenvalue weighted by Crippen LogP contribution is -2.43. The molecule has 1 aliphatic rings. The quantitative estimate of drug-likeness (QED) is 0.884.